The molecule has 2 atom stereocenters. The quantitative estimate of drug-likeness (QED) is 0.908. The van der Waals surface area contributed by atoms with E-state index < -0.39 is 11.7 Å². The van der Waals surface area contributed by atoms with Crippen LogP contribution < -0.4 is 5.73 Å². The van der Waals surface area contributed by atoms with Crippen molar-refractivity contribution in [1.82, 2.24) is 4.90 Å². The number of likely N-dealkylation sites (tertiary alicyclic amines) is 1. The van der Waals surface area contributed by atoms with Crippen molar-refractivity contribution in [1.29, 1.82) is 0 Å². The van der Waals surface area contributed by atoms with E-state index in [4.69, 9.17) is 5.73 Å². The third-order valence-corrected chi connectivity index (χ3v) is 3.71. The standard InChI is InChI=1S/C14H17F3N2O/c1-9(18)11-6-7-19(8-11)13(20)10-2-4-12(5-3-10)14(15,16)17/h2-5,9,11H,6-8,18H2,1H3. The Hall–Kier alpha value is -1.56. The summed E-state index contributed by atoms with van der Waals surface area (Å²) in [4.78, 5) is 13.8. The number of carbonyl (C=O) groups excluding carboxylic acids is 1. The monoisotopic (exact) mass is 286 g/mol. The summed E-state index contributed by atoms with van der Waals surface area (Å²) in [6.07, 6.45) is -3.54. The van der Waals surface area contributed by atoms with Gasteiger partial charge < -0.3 is 10.6 Å². The average molecular weight is 286 g/mol. The zero-order chi connectivity index (χ0) is 14.9. The predicted molar refractivity (Wildman–Crippen MR) is 69.1 cm³/mol. The first kappa shape index (κ1) is 14.8. The van der Waals surface area contributed by atoms with Crippen LogP contribution in [0.15, 0.2) is 24.3 Å². The van der Waals surface area contributed by atoms with Gasteiger partial charge in [-0.25, -0.2) is 0 Å². The maximum Gasteiger partial charge on any atom is 0.416 e. The summed E-state index contributed by atoms with van der Waals surface area (Å²) in [5.74, 6) is 0.0234. The Bertz CT molecular complexity index is 482. The molecule has 1 fully saturated rings. The third kappa shape index (κ3) is 3.12. The fourth-order valence-corrected chi connectivity index (χ4v) is 2.39. The first-order valence-electron chi connectivity index (χ1n) is 6.51. The van der Waals surface area contributed by atoms with Gasteiger partial charge in [0.25, 0.3) is 5.91 Å². The Kier molecular flexibility index (Phi) is 4.04. The minimum absolute atomic E-state index is 0.0143. The van der Waals surface area contributed by atoms with Gasteiger partial charge in [0.05, 0.1) is 5.56 Å². The third-order valence-electron chi connectivity index (χ3n) is 3.71. The van der Waals surface area contributed by atoms with Crippen LogP contribution in [0.2, 0.25) is 0 Å². The number of rotatable bonds is 2. The van der Waals surface area contributed by atoms with Gasteiger partial charge in [-0.15, -0.1) is 0 Å². The normalized spacial score (nSPS) is 21.1. The van der Waals surface area contributed by atoms with Crippen LogP contribution in [0.5, 0.6) is 0 Å². The van der Waals surface area contributed by atoms with E-state index in [1.165, 1.54) is 12.1 Å². The lowest BCUT2D eigenvalue weighted by atomic mass is 10.0. The molecule has 3 nitrogen and oxygen atoms in total. The summed E-state index contributed by atoms with van der Waals surface area (Å²) in [6.45, 7) is 3.07. The Morgan fingerprint density at radius 1 is 1.35 bits per heavy atom. The largest absolute Gasteiger partial charge is 0.416 e. The summed E-state index contributed by atoms with van der Waals surface area (Å²) in [7, 11) is 0. The van der Waals surface area contributed by atoms with Gasteiger partial charge in [-0.1, -0.05) is 0 Å². The molecule has 20 heavy (non-hydrogen) atoms. The van der Waals surface area contributed by atoms with Gasteiger partial charge in [0.1, 0.15) is 0 Å². The average Bonchev–Trinajstić information content (AvgIpc) is 2.86. The van der Waals surface area contributed by atoms with Crippen molar-refractivity contribution in [2.45, 2.75) is 25.6 Å². The maximum atomic E-state index is 12.5. The Balaban J connectivity index is 2.07. The number of hydrogen-bond donors (Lipinski definition) is 1. The van der Waals surface area contributed by atoms with Gasteiger partial charge >= 0.3 is 6.18 Å². The molecule has 0 aromatic heterocycles. The van der Waals surface area contributed by atoms with Crippen molar-refractivity contribution < 1.29 is 18.0 Å². The minimum Gasteiger partial charge on any atom is -0.338 e. The highest BCUT2D eigenvalue weighted by molar-refractivity contribution is 5.94. The highest BCUT2D eigenvalue weighted by Gasteiger charge is 2.32. The maximum absolute atomic E-state index is 12.5. The molecule has 1 heterocycles. The van der Waals surface area contributed by atoms with Crippen LogP contribution in [-0.4, -0.2) is 29.9 Å². The number of hydrogen-bond acceptors (Lipinski definition) is 2. The molecule has 0 aliphatic carbocycles. The molecule has 0 radical (unpaired) electrons. The number of benzene rings is 1. The lowest BCUT2D eigenvalue weighted by Crippen LogP contribution is -2.33. The molecular formula is C14H17F3N2O. The van der Waals surface area contributed by atoms with E-state index in [9.17, 15) is 18.0 Å². The van der Waals surface area contributed by atoms with Crippen molar-refractivity contribution in [2.24, 2.45) is 11.7 Å². The molecule has 110 valence electrons. The number of carbonyl (C=O) groups is 1. The van der Waals surface area contributed by atoms with E-state index >= 15 is 0 Å². The second-order valence-electron chi connectivity index (χ2n) is 5.23. The van der Waals surface area contributed by atoms with Crippen molar-refractivity contribution in [3.8, 4) is 0 Å². The molecule has 2 N–H and O–H groups in total. The number of nitrogens with two attached hydrogens (primary N) is 1. The molecule has 2 rings (SSSR count). The van der Waals surface area contributed by atoms with Crippen LogP contribution in [0.3, 0.4) is 0 Å². The van der Waals surface area contributed by atoms with Crippen molar-refractivity contribution in [2.75, 3.05) is 13.1 Å². The van der Waals surface area contributed by atoms with Gasteiger partial charge in [0, 0.05) is 24.7 Å². The van der Waals surface area contributed by atoms with Crippen LogP contribution >= 0.6 is 0 Å². The number of alkyl halides is 3. The lowest BCUT2D eigenvalue weighted by molar-refractivity contribution is -0.137. The molecule has 1 aliphatic heterocycles. The molecule has 0 saturated carbocycles. The first-order chi connectivity index (χ1) is 9.29. The molecule has 1 aliphatic rings. The van der Waals surface area contributed by atoms with E-state index in [0.717, 1.165) is 18.6 Å². The molecule has 0 spiro atoms. The topological polar surface area (TPSA) is 46.3 Å². The Morgan fingerprint density at radius 2 is 1.95 bits per heavy atom. The fraction of sp³-hybridized carbons (Fsp3) is 0.500. The van der Waals surface area contributed by atoms with E-state index in [0.29, 0.717) is 13.1 Å². The van der Waals surface area contributed by atoms with Crippen molar-refractivity contribution in [3.05, 3.63) is 35.4 Å². The van der Waals surface area contributed by atoms with Gasteiger partial charge in [-0.2, -0.15) is 13.2 Å². The van der Waals surface area contributed by atoms with Crippen molar-refractivity contribution in [3.63, 3.8) is 0 Å². The zero-order valence-corrected chi connectivity index (χ0v) is 11.2. The molecule has 1 saturated heterocycles. The van der Waals surface area contributed by atoms with Gasteiger partial charge in [-0.05, 0) is 43.5 Å². The lowest BCUT2D eigenvalue weighted by Gasteiger charge is -2.18. The molecule has 2 unspecified atom stereocenters. The molecule has 1 amide bonds. The number of halogens is 3. The van der Waals surface area contributed by atoms with Crippen LogP contribution in [0.4, 0.5) is 13.2 Å². The molecule has 6 heteroatoms. The highest BCUT2D eigenvalue weighted by atomic mass is 19.4. The Labute approximate surface area is 115 Å². The highest BCUT2D eigenvalue weighted by Crippen LogP contribution is 2.29. The summed E-state index contributed by atoms with van der Waals surface area (Å²) >= 11 is 0. The summed E-state index contributed by atoms with van der Waals surface area (Å²) in [6, 6.07) is 4.34. The van der Waals surface area contributed by atoms with E-state index in [2.05, 4.69) is 0 Å². The number of amides is 1. The zero-order valence-electron chi connectivity index (χ0n) is 11.2. The van der Waals surface area contributed by atoms with Crippen LogP contribution in [-0.2, 0) is 6.18 Å². The van der Waals surface area contributed by atoms with Gasteiger partial charge in [0.2, 0.25) is 0 Å². The van der Waals surface area contributed by atoms with Crippen LogP contribution in [0, 0.1) is 5.92 Å². The summed E-state index contributed by atoms with van der Waals surface area (Å²) < 4.78 is 37.4. The van der Waals surface area contributed by atoms with Gasteiger partial charge in [-0.3, -0.25) is 4.79 Å². The first-order valence-corrected chi connectivity index (χ1v) is 6.51. The molecular weight excluding hydrogens is 269 g/mol. The molecule has 0 bridgehead atoms. The SMILES string of the molecule is CC(N)C1CCN(C(=O)c2ccc(C(F)(F)F)cc2)C1. The van der Waals surface area contributed by atoms with Gasteiger partial charge in [0.15, 0.2) is 0 Å². The molecule has 1 aromatic carbocycles. The molecule has 1 aromatic rings. The number of nitrogens with zero attached hydrogens (tertiary/aromatic N) is 1. The second kappa shape index (κ2) is 5.44. The Morgan fingerprint density at radius 3 is 2.40 bits per heavy atom. The van der Waals surface area contributed by atoms with Crippen molar-refractivity contribution >= 4 is 5.91 Å². The van der Waals surface area contributed by atoms with E-state index in [1.807, 2.05) is 6.92 Å². The predicted octanol–water partition coefficient (Wildman–Crippen LogP) is 2.51. The van der Waals surface area contributed by atoms with E-state index in [-0.39, 0.29) is 23.4 Å². The minimum atomic E-state index is -4.38. The van der Waals surface area contributed by atoms with E-state index in [1.54, 1.807) is 4.90 Å². The van der Waals surface area contributed by atoms with Crippen LogP contribution in [0.25, 0.3) is 0 Å². The summed E-state index contributed by atoms with van der Waals surface area (Å²) in [5.41, 5.74) is 5.34. The fourth-order valence-electron chi connectivity index (χ4n) is 2.39. The van der Waals surface area contributed by atoms with Crippen LogP contribution in [0.1, 0.15) is 29.3 Å². The smallest absolute Gasteiger partial charge is 0.338 e. The summed E-state index contributed by atoms with van der Waals surface area (Å²) in [5, 5.41) is 0. The second-order valence-corrected chi connectivity index (χ2v) is 5.23.